The Balaban J connectivity index is 2.04. The number of nitrogens with one attached hydrogen (secondary N) is 1. The fourth-order valence-corrected chi connectivity index (χ4v) is 3.85. The van der Waals surface area contributed by atoms with E-state index in [2.05, 4.69) is 5.32 Å². The van der Waals surface area contributed by atoms with Crippen molar-refractivity contribution in [1.29, 1.82) is 0 Å². The number of carbonyl (C=O) groups is 1. The number of rotatable bonds is 7. The van der Waals surface area contributed by atoms with Gasteiger partial charge in [0.25, 0.3) is 0 Å². The fourth-order valence-electron chi connectivity index (χ4n) is 3.36. The number of nitrogens with two attached hydrogens (primary N) is 1. The van der Waals surface area contributed by atoms with Gasteiger partial charge in [-0.25, -0.2) is 4.39 Å². The van der Waals surface area contributed by atoms with Crippen molar-refractivity contribution in [1.82, 2.24) is 5.32 Å². The minimum absolute atomic E-state index is 0.0777. The minimum atomic E-state index is -0.448. The second-order valence-electron chi connectivity index (χ2n) is 6.45. The molecule has 0 bridgehead atoms. The fraction of sp³-hybridized carbons (Fsp3) is 0.611. The second kappa shape index (κ2) is 8.69. The van der Waals surface area contributed by atoms with Crippen molar-refractivity contribution in [3.05, 3.63) is 35.6 Å². The van der Waals surface area contributed by atoms with Crippen molar-refractivity contribution in [2.45, 2.75) is 50.0 Å². The van der Waals surface area contributed by atoms with E-state index in [-0.39, 0.29) is 17.1 Å². The van der Waals surface area contributed by atoms with E-state index in [0.29, 0.717) is 13.0 Å². The van der Waals surface area contributed by atoms with Gasteiger partial charge in [0.1, 0.15) is 5.82 Å². The van der Waals surface area contributed by atoms with Gasteiger partial charge in [-0.2, -0.15) is 11.8 Å². The Labute approximate surface area is 142 Å². The van der Waals surface area contributed by atoms with Gasteiger partial charge in [-0.15, -0.1) is 0 Å². The van der Waals surface area contributed by atoms with Crippen LogP contribution in [0, 0.1) is 5.82 Å². The molecule has 0 aliphatic heterocycles. The maximum absolute atomic E-state index is 13.2. The standard InChI is InChI=1S/C18H27FN2OS/c1-23-12-9-16(20)17(22)21-13-18(10-3-2-4-11-18)14-5-7-15(19)8-6-14/h5-8,16H,2-4,9-13,20H2,1H3,(H,21,22)/t16-/m0/s1. The molecule has 3 N–H and O–H groups in total. The van der Waals surface area contributed by atoms with Crippen LogP contribution in [-0.2, 0) is 10.2 Å². The highest BCUT2D eigenvalue weighted by Gasteiger charge is 2.34. The minimum Gasteiger partial charge on any atom is -0.354 e. The van der Waals surface area contributed by atoms with Crippen molar-refractivity contribution in [2.24, 2.45) is 5.73 Å². The van der Waals surface area contributed by atoms with E-state index in [1.807, 2.05) is 18.4 Å². The summed E-state index contributed by atoms with van der Waals surface area (Å²) in [6.45, 7) is 0.588. The Morgan fingerprint density at radius 3 is 2.57 bits per heavy atom. The van der Waals surface area contributed by atoms with Gasteiger partial charge in [-0.05, 0) is 49.0 Å². The van der Waals surface area contributed by atoms with Gasteiger partial charge in [0.15, 0.2) is 0 Å². The normalized spacial score (nSPS) is 18.4. The number of hydrogen-bond donors (Lipinski definition) is 2. The van der Waals surface area contributed by atoms with E-state index in [1.54, 1.807) is 11.8 Å². The monoisotopic (exact) mass is 338 g/mol. The summed E-state index contributed by atoms with van der Waals surface area (Å²) < 4.78 is 13.2. The van der Waals surface area contributed by atoms with Crippen LogP contribution in [0.2, 0.25) is 0 Å². The van der Waals surface area contributed by atoms with Gasteiger partial charge in [0.05, 0.1) is 6.04 Å². The lowest BCUT2D eigenvalue weighted by molar-refractivity contribution is -0.122. The lowest BCUT2D eigenvalue weighted by Crippen LogP contribution is -2.47. The Bertz CT molecular complexity index is 500. The maximum atomic E-state index is 13.2. The lowest BCUT2D eigenvalue weighted by Gasteiger charge is -2.38. The molecule has 1 amide bonds. The highest BCUT2D eigenvalue weighted by Crippen LogP contribution is 2.39. The maximum Gasteiger partial charge on any atom is 0.236 e. The molecule has 0 heterocycles. The summed E-state index contributed by atoms with van der Waals surface area (Å²) in [5.41, 5.74) is 6.98. The zero-order valence-electron chi connectivity index (χ0n) is 13.8. The number of hydrogen-bond acceptors (Lipinski definition) is 3. The van der Waals surface area contributed by atoms with Crippen LogP contribution in [0.15, 0.2) is 24.3 Å². The van der Waals surface area contributed by atoms with Crippen molar-refractivity contribution in [2.75, 3.05) is 18.6 Å². The van der Waals surface area contributed by atoms with Crippen molar-refractivity contribution >= 4 is 17.7 Å². The molecule has 23 heavy (non-hydrogen) atoms. The smallest absolute Gasteiger partial charge is 0.236 e. The number of amides is 1. The van der Waals surface area contributed by atoms with E-state index in [0.717, 1.165) is 37.0 Å². The van der Waals surface area contributed by atoms with Gasteiger partial charge in [-0.3, -0.25) is 4.79 Å². The highest BCUT2D eigenvalue weighted by atomic mass is 32.2. The second-order valence-corrected chi connectivity index (χ2v) is 7.44. The van der Waals surface area contributed by atoms with Gasteiger partial charge < -0.3 is 11.1 Å². The molecule has 0 unspecified atom stereocenters. The Morgan fingerprint density at radius 1 is 1.30 bits per heavy atom. The molecule has 0 aromatic heterocycles. The summed E-state index contributed by atoms with van der Waals surface area (Å²) in [5.74, 6) is 0.589. The molecule has 1 fully saturated rings. The molecule has 128 valence electrons. The summed E-state index contributed by atoms with van der Waals surface area (Å²) in [4.78, 5) is 12.2. The van der Waals surface area contributed by atoms with Crippen molar-refractivity contribution in [3.8, 4) is 0 Å². The van der Waals surface area contributed by atoms with Crippen LogP contribution in [0.3, 0.4) is 0 Å². The molecule has 1 saturated carbocycles. The van der Waals surface area contributed by atoms with E-state index < -0.39 is 6.04 Å². The summed E-state index contributed by atoms with van der Waals surface area (Å²) in [6, 6.07) is 6.30. The molecule has 1 aliphatic rings. The summed E-state index contributed by atoms with van der Waals surface area (Å²) in [7, 11) is 0. The van der Waals surface area contributed by atoms with Crippen LogP contribution in [0.25, 0.3) is 0 Å². The first kappa shape index (κ1) is 18.3. The summed E-state index contributed by atoms with van der Waals surface area (Å²) in [6.07, 6.45) is 8.27. The molecule has 0 spiro atoms. The zero-order valence-corrected chi connectivity index (χ0v) is 14.6. The molecule has 3 nitrogen and oxygen atoms in total. The Morgan fingerprint density at radius 2 is 1.96 bits per heavy atom. The summed E-state index contributed by atoms with van der Waals surface area (Å²) >= 11 is 1.70. The molecule has 1 aliphatic carbocycles. The Hall–Kier alpha value is -1.07. The van der Waals surface area contributed by atoms with Gasteiger partial charge in [0.2, 0.25) is 5.91 Å². The van der Waals surface area contributed by atoms with Crippen LogP contribution < -0.4 is 11.1 Å². The van der Waals surface area contributed by atoms with E-state index in [4.69, 9.17) is 5.73 Å². The van der Waals surface area contributed by atoms with E-state index >= 15 is 0 Å². The SMILES string of the molecule is CSCC[C@H](N)C(=O)NCC1(c2ccc(F)cc2)CCCCC1. The quantitative estimate of drug-likeness (QED) is 0.802. The first-order valence-electron chi connectivity index (χ1n) is 8.36. The molecule has 1 aromatic rings. The van der Waals surface area contributed by atoms with E-state index in [9.17, 15) is 9.18 Å². The van der Waals surface area contributed by atoms with Gasteiger partial charge >= 0.3 is 0 Å². The summed E-state index contributed by atoms with van der Waals surface area (Å²) in [5, 5.41) is 3.05. The first-order chi connectivity index (χ1) is 11.1. The third-order valence-corrected chi connectivity index (χ3v) is 5.48. The van der Waals surface area contributed by atoms with E-state index in [1.165, 1.54) is 18.6 Å². The van der Waals surface area contributed by atoms with Gasteiger partial charge in [0, 0.05) is 12.0 Å². The average Bonchev–Trinajstić information content (AvgIpc) is 2.59. The average molecular weight is 338 g/mol. The first-order valence-corrected chi connectivity index (χ1v) is 9.75. The Kier molecular flexibility index (Phi) is 6.90. The third-order valence-electron chi connectivity index (χ3n) is 4.84. The molecular formula is C18H27FN2OS. The molecule has 2 rings (SSSR count). The zero-order chi connectivity index (χ0) is 16.7. The number of benzene rings is 1. The lowest BCUT2D eigenvalue weighted by atomic mass is 9.69. The molecule has 0 saturated heterocycles. The number of carbonyl (C=O) groups excluding carboxylic acids is 1. The predicted molar refractivity (Wildman–Crippen MR) is 95.1 cm³/mol. The third kappa shape index (κ3) is 4.95. The van der Waals surface area contributed by atoms with Crippen LogP contribution >= 0.6 is 11.8 Å². The van der Waals surface area contributed by atoms with Crippen molar-refractivity contribution in [3.63, 3.8) is 0 Å². The predicted octanol–water partition coefficient (Wildman–Crippen LogP) is 3.22. The van der Waals surface area contributed by atoms with Crippen molar-refractivity contribution < 1.29 is 9.18 Å². The molecule has 1 aromatic carbocycles. The largest absolute Gasteiger partial charge is 0.354 e. The number of halogens is 1. The number of thioether (sulfide) groups is 1. The van der Waals surface area contributed by atoms with Gasteiger partial charge in [-0.1, -0.05) is 31.4 Å². The van der Waals surface area contributed by atoms with Crippen LogP contribution in [0.4, 0.5) is 4.39 Å². The van der Waals surface area contributed by atoms with Crippen LogP contribution in [0.5, 0.6) is 0 Å². The van der Waals surface area contributed by atoms with Crippen LogP contribution in [0.1, 0.15) is 44.1 Å². The molecule has 0 radical (unpaired) electrons. The molecule has 1 atom stereocenters. The van der Waals surface area contributed by atoms with Crippen LogP contribution in [-0.4, -0.2) is 30.5 Å². The topological polar surface area (TPSA) is 55.1 Å². The molecular weight excluding hydrogens is 311 g/mol. The highest BCUT2D eigenvalue weighted by molar-refractivity contribution is 7.98. The molecule has 5 heteroatoms.